The molecule has 1 aromatic carbocycles. The molecule has 2 fully saturated rings. The lowest BCUT2D eigenvalue weighted by Crippen LogP contribution is -2.45. The number of benzene rings is 1. The lowest BCUT2D eigenvalue weighted by molar-refractivity contribution is -0.126. The summed E-state index contributed by atoms with van der Waals surface area (Å²) in [4.78, 5) is 30.3. The van der Waals surface area contributed by atoms with Gasteiger partial charge in [-0.2, -0.15) is 4.31 Å². The second-order valence-corrected chi connectivity index (χ2v) is 9.86. The van der Waals surface area contributed by atoms with Crippen molar-refractivity contribution in [3.63, 3.8) is 0 Å². The van der Waals surface area contributed by atoms with E-state index >= 15 is 0 Å². The fourth-order valence-electron chi connectivity index (χ4n) is 4.08. The molecule has 1 atom stereocenters. The number of pyridine rings is 1. The van der Waals surface area contributed by atoms with Gasteiger partial charge >= 0.3 is 0 Å². The standard InChI is InChI=1S/C22H26N4O4S/c27-21-4-2-14-26(21)19-5-7-20(8-6-19)31(29,30)25-13-1-3-18(16-25)22(28)24-15-17-9-11-23-12-10-17/h5-12,18H,1-4,13-16H2,(H,24,28)/t18-/m0/s1. The normalized spacial score (nSPS) is 20.1. The van der Waals surface area contributed by atoms with E-state index in [-0.39, 0.29) is 29.2 Å². The largest absolute Gasteiger partial charge is 0.352 e. The SMILES string of the molecule is O=C(NCc1ccncc1)[C@H]1CCCN(S(=O)(=O)c2ccc(N3CCCC3=O)cc2)C1. The predicted octanol–water partition coefficient (Wildman–Crippen LogP) is 1.93. The third-order valence-corrected chi connectivity index (χ3v) is 7.71. The van der Waals surface area contributed by atoms with Crippen molar-refractivity contribution in [2.45, 2.75) is 37.1 Å². The molecule has 31 heavy (non-hydrogen) atoms. The van der Waals surface area contributed by atoms with E-state index in [4.69, 9.17) is 0 Å². The summed E-state index contributed by atoms with van der Waals surface area (Å²) in [6, 6.07) is 10.1. The minimum absolute atomic E-state index is 0.0623. The van der Waals surface area contributed by atoms with Crippen molar-refractivity contribution in [2.24, 2.45) is 5.92 Å². The smallest absolute Gasteiger partial charge is 0.243 e. The van der Waals surface area contributed by atoms with Crippen LogP contribution in [0.25, 0.3) is 0 Å². The number of anilines is 1. The first kappa shape index (κ1) is 21.5. The topological polar surface area (TPSA) is 99.7 Å². The van der Waals surface area contributed by atoms with Crippen molar-refractivity contribution in [1.82, 2.24) is 14.6 Å². The summed E-state index contributed by atoms with van der Waals surface area (Å²) in [5.74, 6) is -0.460. The van der Waals surface area contributed by atoms with Gasteiger partial charge in [-0.25, -0.2) is 8.42 Å². The van der Waals surface area contributed by atoms with Crippen molar-refractivity contribution < 1.29 is 18.0 Å². The fourth-order valence-corrected chi connectivity index (χ4v) is 5.60. The van der Waals surface area contributed by atoms with E-state index in [0.717, 1.165) is 12.0 Å². The number of hydrogen-bond acceptors (Lipinski definition) is 5. The molecular weight excluding hydrogens is 416 g/mol. The highest BCUT2D eigenvalue weighted by Gasteiger charge is 2.33. The van der Waals surface area contributed by atoms with Gasteiger partial charge in [-0.05, 0) is 61.2 Å². The number of nitrogens with one attached hydrogen (secondary N) is 1. The third-order valence-electron chi connectivity index (χ3n) is 5.83. The van der Waals surface area contributed by atoms with Crippen LogP contribution in [-0.2, 0) is 26.2 Å². The predicted molar refractivity (Wildman–Crippen MR) is 116 cm³/mol. The monoisotopic (exact) mass is 442 g/mol. The third kappa shape index (κ3) is 4.77. The van der Waals surface area contributed by atoms with Gasteiger partial charge in [0.25, 0.3) is 0 Å². The Bertz CT molecular complexity index is 1040. The number of piperidine rings is 1. The van der Waals surface area contributed by atoms with Crippen LogP contribution >= 0.6 is 0 Å². The van der Waals surface area contributed by atoms with Crippen molar-refractivity contribution in [3.8, 4) is 0 Å². The van der Waals surface area contributed by atoms with Crippen molar-refractivity contribution in [1.29, 1.82) is 0 Å². The molecule has 0 bridgehead atoms. The van der Waals surface area contributed by atoms with Gasteiger partial charge in [0.1, 0.15) is 0 Å². The first-order chi connectivity index (χ1) is 14.9. The molecule has 0 unspecified atom stereocenters. The van der Waals surface area contributed by atoms with E-state index in [0.29, 0.717) is 44.6 Å². The summed E-state index contributed by atoms with van der Waals surface area (Å²) < 4.78 is 27.7. The van der Waals surface area contributed by atoms with Gasteiger partial charge in [0.05, 0.1) is 10.8 Å². The molecule has 2 aliphatic rings. The van der Waals surface area contributed by atoms with Crippen LogP contribution in [0.1, 0.15) is 31.2 Å². The number of carbonyl (C=O) groups is 2. The van der Waals surface area contributed by atoms with Gasteiger partial charge < -0.3 is 10.2 Å². The molecule has 8 nitrogen and oxygen atoms in total. The number of aromatic nitrogens is 1. The van der Waals surface area contributed by atoms with Crippen molar-refractivity contribution >= 4 is 27.5 Å². The molecule has 0 spiro atoms. The maximum absolute atomic E-state index is 13.1. The van der Waals surface area contributed by atoms with E-state index in [9.17, 15) is 18.0 Å². The van der Waals surface area contributed by atoms with Crippen LogP contribution in [0.2, 0.25) is 0 Å². The molecule has 0 radical (unpaired) electrons. The zero-order valence-corrected chi connectivity index (χ0v) is 18.1. The number of nitrogens with zero attached hydrogens (tertiary/aromatic N) is 3. The maximum atomic E-state index is 13.1. The van der Waals surface area contributed by atoms with Gasteiger partial charge in [-0.1, -0.05) is 0 Å². The molecule has 4 rings (SSSR count). The van der Waals surface area contributed by atoms with Crippen LogP contribution in [-0.4, -0.2) is 49.2 Å². The van der Waals surface area contributed by atoms with E-state index in [2.05, 4.69) is 10.3 Å². The number of sulfonamides is 1. The summed E-state index contributed by atoms with van der Waals surface area (Å²) in [6.45, 7) is 1.61. The zero-order valence-electron chi connectivity index (χ0n) is 17.2. The summed E-state index contributed by atoms with van der Waals surface area (Å²) >= 11 is 0. The Labute approximate surface area is 182 Å². The highest BCUT2D eigenvalue weighted by atomic mass is 32.2. The van der Waals surface area contributed by atoms with Gasteiger partial charge in [0.2, 0.25) is 21.8 Å². The fraction of sp³-hybridized carbons (Fsp3) is 0.409. The zero-order chi connectivity index (χ0) is 21.8. The van der Waals surface area contributed by atoms with Crippen LogP contribution in [0, 0.1) is 5.92 Å². The first-order valence-corrected chi connectivity index (χ1v) is 12.0. The summed E-state index contributed by atoms with van der Waals surface area (Å²) in [7, 11) is -3.71. The Morgan fingerprint density at radius 2 is 1.81 bits per heavy atom. The summed E-state index contributed by atoms with van der Waals surface area (Å²) in [5, 5.41) is 2.90. The molecule has 2 aliphatic heterocycles. The van der Waals surface area contributed by atoms with Crippen molar-refractivity contribution in [2.75, 3.05) is 24.5 Å². The summed E-state index contributed by atoms with van der Waals surface area (Å²) in [5.41, 5.74) is 1.66. The molecule has 2 saturated heterocycles. The van der Waals surface area contributed by atoms with Crippen molar-refractivity contribution in [3.05, 3.63) is 54.4 Å². The molecule has 1 N–H and O–H groups in total. The second-order valence-electron chi connectivity index (χ2n) is 7.92. The molecule has 2 aromatic rings. The minimum Gasteiger partial charge on any atom is -0.352 e. The van der Waals surface area contributed by atoms with E-state index in [1.54, 1.807) is 41.6 Å². The molecular formula is C22H26N4O4S. The minimum atomic E-state index is -3.71. The number of hydrogen-bond donors (Lipinski definition) is 1. The quantitative estimate of drug-likeness (QED) is 0.737. The lowest BCUT2D eigenvalue weighted by atomic mass is 9.99. The molecule has 0 aliphatic carbocycles. The Morgan fingerprint density at radius 3 is 2.48 bits per heavy atom. The average Bonchev–Trinajstić information content (AvgIpc) is 3.24. The number of amides is 2. The Morgan fingerprint density at radius 1 is 1.06 bits per heavy atom. The maximum Gasteiger partial charge on any atom is 0.243 e. The molecule has 0 saturated carbocycles. The number of rotatable bonds is 6. The van der Waals surface area contributed by atoms with Gasteiger partial charge in [-0.15, -0.1) is 0 Å². The van der Waals surface area contributed by atoms with Gasteiger partial charge in [0, 0.05) is 50.7 Å². The average molecular weight is 443 g/mol. The van der Waals surface area contributed by atoms with E-state index < -0.39 is 10.0 Å². The van der Waals surface area contributed by atoms with E-state index in [1.807, 2.05) is 12.1 Å². The molecule has 9 heteroatoms. The first-order valence-electron chi connectivity index (χ1n) is 10.5. The van der Waals surface area contributed by atoms with Gasteiger partial charge in [0.15, 0.2) is 0 Å². The van der Waals surface area contributed by atoms with Gasteiger partial charge in [-0.3, -0.25) is 14.6 Å². The lowest BCUT2D eigenvalue weighted by Gasteiger charge is -2.31. The Balaban J connectivity index is 1.40. The van der Waals surface area contributed by atoms with E-state index in [1.165, 1.54) is 4.31 Å². The Hall–Kier alpha value is -2.78. The second kappa shape index (κ2) is 9.15. The van der Waals surface area contributed by atoms with Crippen LogP contribution in [0.4, 0.5) is 5.69 Å². The summed E-state index contributed by atoms with van der Waals surface area (Å²) in [6.07, 6.45) is 5.97. The molecule has 164 valence electrons. The molecule has 1 aromatic heterocycles. The van der Waals surface area contributed by atoms with Crippen LogP contribution in [0.3, 0.4) is 0 Å². The Kier molecular flexibility index (Phi) is 6.33. The highest BCUT2D eigenvalue weighted by molar-refractivity contribution is 7.89. The van der Waals surface area contributed by atoms with Crippen LogP contribution < -0.4 is 10.2 Å². The van der Waals surface area contributed by atoms with Crippen LogP contribution in [0.5, 0.6) is 0 Å². The molecule has 2 amide bonds. The molecule has 3 heterocycles. The number of carbonyl (C=O) groups excluding carboxylic acids is 2. The van der Waals surface area contributed by atoms with Crippen LogP contribution in [0.15, 0.2) is 53.7 Å². The highest BCUT2D eigenvalue weighted by Crippen LogP contribution is 2.27.